The number of hydrogen-bond donors (Lipinski definition) is 2. The van der Waals surface area contributed by atoms with Gasteiger partial charge >= 0.3 is 0 Å². The zero-order valence-corrected chi connectivity index (χ0v) is 15.5. The molecule has 1 fully saturated rings. The summed E-state index contributed by atoms with van der Waals surface area (Å²) in [5.74, 6) is 0.881. The van der Waals surface area contributed by atoms with Gasteiger partial charge in [0.05, 0.1) is 22.2 Å². The highest BCUT2D eigenvalue weighted by Gasteiger charge is 2.30. The molecule has 7 heteroatoms. The van der Waals surface area contributed by atoms with Crippen molar-refractivity contribution in [2.24, 2.45) is 5.92 Å². The van der Waals surface area contributed by atoms with Crippen LogP contribution >= 0.6 is 11.3 Å². The summed E-state index contributed by atoms with van der Waals surface area (Å²) in [6.07, 6.45) is 3.55. The number of hydrogen-bond acceptors (Lipinski definition) is 5. The van der Waals surface area contributed by atoms with Crippen LogP contribution in [0.3, 0.4) is 0 Å². The minimum atomic E-state index is -0.132. The second kappa shape index (κ2) is 7.41. The summed E-state index contributed by atoms with van der Waals surface area (Å²) >= 11 is 1.32. The molecule has 3 rings (SSSR count). The molecule has 2 heterocycles. The fourth-order valence-corrected chi connectivity index (χ4v) is 3.62. The number of furan rings is 1. The number of carbonyl (C=O) groups excluding carboxylic acids is 2. The van der Waals surface area contributed by atoms with Gasteiger partial charge in [-0.2, -0.15) is 0 Å². The minimum absolute atomic E-state index is 0.0340. The van der Waals surface area contributed by atoms with Crippen molar-refractivity contribution in [1.82, 2.24) is 10.2 Å². The SMILES string of the molecule is Cc1cc(NC(=O)C2CC2)sc1C(=O)NCC(c1ccco1)N(C)C. The molecule has 134 valence electrons. The van der Waals surface area contributed by atoms with Gasteiger partial charge in [-0.25, -0.2) is 0 Å². The van der Waals surface area contributed by atoms with Crippen LogP contribution in [0.1, 0.15) is 39.9 Å². The Morgan fingerprint density at radius 3 is 2.76 bits per heavy atom. The molecular formula is C18H23N3O3S. The van der Waals surface area contributed by atoms with Gasteiger partial charge < -0.3 is 15.1 Å². The lowest BCUT2D eigenvalue weighted by Crippen LogP contribution is -2.34. The summed E-state index contributed by atoms with van der Waals surface area (Å²) < 4.78 is 5.46. The highest BCUT2D eigenvalue weighted by atomic mass is 32.1. The van der Waals surface area contributed by atoms with E-state index in [9.17, 15) is 9.59 Å². The zero-order valence-electron chi connectivity index (χ0n) is 14.7. The van der Waals surface area contributed by atoms with E-state index in [0.717, 1.165) is 29.2 Å². The van der Waals surface area contributed by atoms with Crippen LogP contribution in [0.4, 0.5) is 5.00 Å². The van der Waals surface area contributed by atoms with E-state index in [1.54, 1.807) is 6.26 Å². The maximum absolute atomic E-state index is 12.5. The number of carbonyl (C=O) groups is 2. The molecule has 2 N–H and O–H groups in total. The van der Waals surface area contributed by atoms with Gasteiger partial charge in [-0.05, 0) is 57.6 Å². The highest BCUT2D eigenvalue weighted by molar-refractivity contribution is 7.18. The Hall–Kier alpha value is -2.12. The predicted octanol–water partition coefficient (Wildman–Crippen LogP) is 3.03. The van der Waals surface area contributed by atoms with Crippen molar-refractivity contribution in [3.05, 3.63) is 40.7 Å². The van der Waals surface area contributed by atoms with Crippen molar-refractivity contribution in [3.8, 4) is 0 Å². The van der Waals surface area contributed by atoms with Crippen molar-refractivity contribution >= 4 is 28.2 Å². The number of thiophene rings is 1. The van der Waals surface area contributed by atoms with E-state index in [1.807, 2.05) is 44.1 Å². The number of anilines is 1. The van der Waals surface area contributed by atoms with Gasteiger partial charge in [0, 0.05) is 12.5 Å². The third-order valence-electron chi connectivity index (χ3n) is 4.27. The second-order valence-electron chi connectivity index (χ2n) is 6.59. The Morgan fingerprint density at radius 1 is 1.40 bits per heavy atom. The van der Waals surface area contributed by atoms with Gasteiger partial charge in [-0.15, -0.1) is 11.3 Å². The van der Waals surface area contributed by atoms with Crippen molar-refractivity contribution < 1.29 is 14.0 Å². The van der Waals surface area contributed by atoms with Crippen LogP contribution in [0.2, 0.25) is 0 Å². The van der Waals surface area contributed by atoms with Gasteiger partial charge in [-0.1, -0.05) is 0 Å². The number of likely N-dealkylation sites (N-methyl/N-ethyl adjacent to an activating group) is 1. The molecule has 2 amide bonds. The van der Waals surface area contributed by atoms with E-state index in [0.29, 0.717) is 11.4 Å². The van der Waals surface area contributed by atoms with E-state index in [2.05, 4.69) is 10.6 Å². The van der Waals surface area contributed by atoms with E-state index in [4.69, 9.17) is 4.42 Å². The Kier molecular flexibility index (Phi) is 5.24. The summed E-state index contributed by atoms with van der Waals surface area (Å²) in [6, 6.07) is 5.56. The molecule has 2 aromatic rings. The molecule has 0 aliphatic heterocycles. The first-order chi connectivity index (χ1) is 12.0. The first kappa shape index (κ1) is 17.7. The molecule has 0 bridgehead atoms. The van der Waals surface area contributed by atoms with Gasteiger partial charge in [0.15, 0.2) is 0 Å². The van der Waals surface area contributed by atoms with Gasteiger partial charge in [0.1, 0.15) is 5.76 Å². The fraction of sp³-hybridized carbons (Fsp3) is 0.444. The molecule has 25 heavy (non-hydrogen) atoms. The molecule has 1 unspecified atom stereocenters. The largest absolute Gasteiger partial charge is 0.468 e. The summed E-state index contributed by atoms with van der Waals surface area (Å²) in [7, 11) is 3.89. The van der Waals surface area contributed by atoms with Crippen LogP contribution in [0.15, 0.2) is 28.9 Å². The Balaban J connectivity index is 1.62. The van der Waals surface area contributed by atoms with E-state index in [1.165, 1.54) is 11.3 Å². The van der Waals surface area contributed by atoms with Crippen LogP contribution < -0.4 is 10.6 Å². The average molecular weight is 361 g/mol. The van der Waals surface area contributed by atoms with Crippen LogP contribution in [-0.2, 0) is 4.79 Å². The highest BCUT2D eigenvalue weighted by Crippen LogP contribution is 2.32. The van der Waals surface area contributed by atoms with E-state index >= 15 is 0 Å². The topological polar surface area (TPSA) is 74.6 Å². The fourth-order valence-electron chi connectivity index (χ4n) is 2.63. The molecule has 1 aliphatic rings. The van der Waals surface area contributed by atoms with Crippen LogP contribution in [0.5, 0.6) is 0 Å². The summed E-state index contributed by atoms with van der Waals surface area (Å²) in [6.45, 7) is 2.33. The Labute approximate surface area is 151 Å². The summed E-state index contributed by atoms with van der Waals surface area (Å²) in [5.41, 5.74) is 0.869. The van der Waals surface area contributed by atoms with Crippen LogP contribution in [0.25, 0.3) is 0 Å². The predicted molar refractivity (Wildman–Crippen MR) is 97.9 cm³/mol. The molecule has 1 saturated carbocycles. The second-order valence-corrected chi connectivity index (χ2v) is 7.64. The third-order valence-corrected chi connectivity index (χ3v) is 5.42. The standard InChI is InChI=1S/C18H23N3O3S/c1-11-9-15(20-17(22)12-6-7-12)25-16(11)18(23)19-10-13(21(2)3)14-5-4-8-24-14/h4-5,8-9,12-13H,6-7,10H2,1-3H3,(H,19,23)(H,20,22). The molecule has 2 aromatic heterocycles. The zero-order chi connectivity index (χ0) is 18.0. The smallest absolute Gasteiger partial charge is 0.261 e. The number of aryl methyl sites for hydroxylation is 1. The van der Waals surface area contributed by atoms with Crippen molar-refractivity contribution in [3.63, 3.8) is 0 Å². The minimum Gasteiger partial charge on any atom is -0.468 e. The molecule has 1 aliphatic carbocycles. The van der Waals surface area contributed by atoms with Crippen LogP contribution in [-0.4, -0.2) is 37.4 Å². The first-order valence-corrected chi connectivity index (χ1v) is 9.16. The average Bonchev–Trinajstić information content (AvgIpc) is 3.16. The maximum atomic E-state index is 12.5. The lowest BCUT2D eigenvalue weighted by atomic mass is 10.2. The van der Waals surface area contributed by atoms with E-state index < -0.39 is 0 Å². The Morgan fingerprint density at radius 2 is 2.16 bits per heavy atom. The normalized spacial score (nSPS) is 15.2. The maximum Gasteiger partial charge on any atom is 0.261 e. The molecule has 0 saturated heterocycles. The third kappa shape index (κ3) is 4.29. The monoisotopic (exact) mass is 361 g/mol. The number of amides is 2. The molecule has 0 aromatic carbocycles. The molecule has 1 atom stereocenters. The molecule has 0 spiro atoms. The summed E-state index contributed by atoms with van der Waals surface area (Å²) in [4.78, 5) is 27.0. The Bertz CT molecular complexity index is 748. The van der Waals surface area contributed by atoms with Crippen molar-refractivity contribution in [1.29, 1.82) is 0 Å². The van der Waals surface area contributed by atoms with Crippen LogP contribution in [0, 0.1) is 12.8 Å². The number of nitrogens with one attached hydrogen (secondary N) is 2. The number of nitrogens with zero attached hydrogens (tertiary/aromatic N) is 1. The first-order valence-electron chi connectivity index (χ1n) is 8.35. The van der Waals surface area contributed by atoms with Gasteiger partial charge in [-0.3, -0.25) is 14.5 Å². The molecular weight excluding hydrogens is 338 g/mol. The quantitative estimate of drug-likeness (QED) is 0.795. The van der Waals surface area contributed by atoms with Gasteiger partial charge in [0.25, 0.3) is 5.91 Å². The molecule has 0 radical (unpaired) electrons. The van der Waals surface area contributed by atoms with Gasteiger partial charge in [0.2, 0.25) is 5.91 Å². The van der Waals surface area contributed by atoms with E-state index in [-0.39, 0.29) is 23.8 Å². The molecule has 6 nitrogen and oxygen atoms in total. The van der Waals surface area contributed by atoms with Crippen molar-refractivity contribution in [2.75, 3.05) is 26.0 Å². The lowest BCUT2D eigenvalue weighted by Gasteiger charge is -2.22. The number of rotatable bonds is 7. The lowest BCUT2D eigenvalue weighted by molar-refractivity contribution is -0.117. The van der Waals surface area contributed by atoms with Crippen molar-refractivity contribution in [2.45, 2.75) is 25.8 Å². The summed E-state index contributed by atoms with van der Waals surface area (Å²) in [5, 5.41) is 6.60.